The summed E-state index contributed by atoms with van der Waals surface area (Å²) in [5, 5.41) is 10.9. The average molecular weight is 470 g/mol. The number of aromatic nitrogens is 2. The Morgan fingerprint density at radius 2 is 1.94 bits per heavy atom. The molecule has 1 aromatic carbocycles. The Kier molecular flexibility index (Phi) is 10.4. The minimum absolute atomic E-state index is 0.208. The summed E-state index contributed by atoms with van der Waals surface area (Å²) >= 11 is 0. The van der Waals surface area contributed by atoms with E-state index in [9.17, 15) is 4.79 Å². The lowest BCUT2D eigenvalue weighted by Crippen LogP contribution is -2.44. The molecule has 1 fully saturated rings. The molecule has 1 saturated carbocycles. The van der Waals surface area contributed by atoms with Gasteiger partial charge in [-0.15, -0.1) is 0 Å². The van der Waals surface area contributed by atoms with Crippen molar-refractivity contribution >= 4 is 5.91 Å². The Labute approximate surface area is 205 Å². The molecule has 0 saturated heterocycles. The molecule has 2 N–H and O–H groups in total. The number of hydrogen-bond donors (Lipinski definition) is 2. The first-order chi connectivity index (χ1) is 16.5. The number of para-hydroxylation sites is 1. The van der Waals surface area contributed by atoms with E-state index in [1.807, 2.05) is 37.4 Å². The normalized spacial score (nSPS) is 18.4. The second kappa shape index (κ2) is 13.5. The Morgan fingerprint density at radius 1 is 1.21 bits per heavy atom. The summed E-state index contributed by atoms with van der Waals surface area (Å²) in [6, 6.07) is 10.0. The van der Waals surface area contributed by atoms with Gasteiger partial charge in [-0.1, -0.05) is 32.0 Å². The topological polar surface area (TPSA) is 73.5 Å². The molecular formula is C27H43N5O2. The first-order valence-corrected chi connectivity index (χ1v) is 12.8. The van der Waals surface area contributed by atoms with E-state index in [0.717, 1.165) is 57.6 Å². The second-order valence-electron chi connectivity index (χ2n) is 9.99. The maximum absolute atomic E-state index is 13.2. The SMILES string of the molecule is CNCCN(C)Cc1c[nH]nc1C1CCC(N(CC(C)C)C(=O)CCOc2ccccc2)CC1. The van der Waals surface area contributed by atoms with E-state index in [4.69, 9.17) is 4.74 Å². The van der Waals surface area contributed by atoms with Crippen LogP contribution in [-0.2, 0) is 11.3 Å². The minimum atomic E-state index is 0.208. The first-order valence-electron chi connectivity index (χ1n) is 12.8. The molecule has 2 aromatic rings. The Morgan fingerprint density at radius 3 is 2.62 bits per heavy atom. The van der Waals surface area contributed by atoms with E-state index in [1.54, 1.807) is 0 Å². The smallest absolute Gasteiger partial charge is 0.226 e. The quantitative estimate of drug-likeness (QED) is 0.463. The number of benzene rings is 1. The maximum Gasteiger partial charge on any atom is 0.226 e. The van der Waals surface area contributed by atoms with Gasteiger partial charge in [0.2, 0.25) is 5.91 Å². The molecule has 0 atom stereocenters. The lowest BCUT2D eigenvalue weighted by atomic mass is 9.82. The largest absolute Gasteiger partial charge is 0.493 e. The molecule has 0 bridgehead atoms. The number of hydrogen-bond acceptors (Lipinski definition) is 5. The van der Waals surface area contributed by atoms with Gasteiger partial charge in [-0.05, 0) is 57.8 Å². The van der Waals surface area contributed by atoms with Gasteiger partial charge in [-0.3, -0.25) is 9.89 Å². The zero-order chi connectivity index (χ0) is 24.3. The molecule has 0 spiro atoms. The van der Waals surface area contributed by atoms with Crippen LogP contribution < -0.4 is 10.1 Å². The van der Waals surface area contributed by atoms with Crippen LogP contribution >= 0.6 is 0 Å². The summed E-state index contributed by atoms with van der Waals surface area (Å²) in [5.41, 5.74) is 2.52. The summed E-state index contributed by atoms with van der Waals surface area (Å²) in [7, 11) is 4.14. The molecule has 1 aliphatic carbocycles. The van der Waals surface area contributed by atoms with Crippen molar-refractivity contribution in [3.8, 4) is 5.75 Å². The molecular weight excluding hydrogens is 426 g/mol. The standard InChI is InChI=1S/C27H43N5O2/c1-21(2)19-32(26(33)14-17-34-25-8-6-5-7-9-25)24-12-10-22(11-13-24)27-23(18-29-30-27)20-31(4)16-15-28-3/h5-9,18,21-22,24,28H,10-17,19-20H2,1-4H3,(H,29,30). The van der Waals surface area contributed by atoms with Crippen molar-refractivity contribution in [3.05, 3.63) is 47.8 Å². The Balaban J connectivity index is 1.53. The van der Waals surface area contributed by atoms with Gasteiger partial charge in [0, 0.05) is 49.9 Å². The summed E-state index contributed by atoms with van der Waals surface area (Å²) < 4.78 is 5.79. The van der Waals surface area contributed by atoms with Crippen LogP contribution in [0.2, 0.25) is 0 Å². The van der Waals surface area contributed by atoms with E-state index in [-0.39, 0.29) is 5.91 Å². The Bertz CT molecular complexity index is 846. The molecule has 7 nitrogen and oxygen atoms in total. The highest BCUT2D eigenvalue weighted by molar-refractivity contribution is 5.76. The van der Waals surface area contributed by atoms with Crippen LogP contribution in [0, 0.1) is 5.92 Å². The number of aromatic amines is 1. The number of H-pyrrole nitrogens is 1. The van der Waals surface area contributed by atoms with Gasteiger partial charge in [0.1, 0.15) is 5.75 Å². The minimum Gasteiger partial charge on any atom is -0.493 e. The lowest BCUT2D eigenvalue weighted by molar-refractivity contribution is -0.135. The van der Waals surface area contributed by atoms with Crippen LogP contribution in [0.15, 0.2) is 36.5 Å². The predicted octanol–water partition coefficient (Wildman–Crippen LogP) is 4.04. The van der Waals surface area contributed by atoms with E-state index in [2.05, 4.69) is 52.4 Å². The zero-order valence-corrected chi connectivity index (χ0v) is 21.4. The van der Waals surface area contributed by atoms with Crippen LogP contribution in [0.3, 0.4) is 0 Å². The predicted molar refractivity (Wildman–Crippen MR) is 137 cm³/mol. The fourth-order valence-electron chi connectivity index (χ4n) is 4.90. The van der Waals surface area contributed by atoms with Crippen LogP contribution in [0.4, 0.5) is 0 Å². The molecule has 1 heterocycles. The average Bonchev–Trinajstić information content (AvgIpc) is 3.29. The summed E-state index contributed by atoms with van der Waals surface area (Å²) in [5.74, 6) is 1.94. The van der Waals surface area contributed by atoms with Crippen molar-refractivity contribution in [2.24, 2.45) is 5.92 Å². The highest BCUT2D eigenvalue weighted by Crippen LogP contribution is 2.36. The van der Waals surface area contributed by atoms with Gasteiger partial charge in [-0.2, -0.15) is 5.10 Å². The Hall–Kier alpha value is -2.38. The third-order valence-corrected chi connectivity index (χ3v) is 6.67. The summed E-state index contributed by atoms with van der Waals surface area (Å²) in [6.07, 6.45) is 6.69. The molecule has 0 unspecified atom stereocenters. The van der Waals surface area contributed by atoms with Gasteiger partial charge in [-0.25, -0.2) is 0 Å². The van der Waals surface area contributed by atoms with Crippen LogP contribution in [0.25, 0.3) is 0 Å². The molecule has 0 radical (unpaired) electrons. The number of ether oxygens (including phenoxy) is 1. The van der Waals surface area contributed by atoms with Gasteiger partial charge < -0.3 is 19.9 Å². The summed E-state index contributed by atoms with van der Waals surface area (Å²) in [6.45, 7) is 8.50. The van der Waals surface area contributed by atoms with Crippen LogP contribution in [-0.4, -0.2) is 72.3 Å². The fraction of sp³-hybridized carbons (Fsp3) is 0.630. The highest BCUT2D eigenvalue weighted by Gasteiger charge is 2.31. The van der Waals surface area contributed by atoms with E-state index in [1.165, 1.54) is 11.3 Å². The third kappa shape index (κ3) is 7.84. The molecule has 7 heteroatoms. The van der Waals surface area contributed by atoms with Gasteiger partial charge >= 0.3 is 0 Å². The van der Waals surface area contributed by atoms with Gasteiger partial charge in [0.05, 0.1) is 18.7 Å². The molecule has 1 aliphatic rings. The second-order valence-corrected chi connectivity index (χ2v) is 9.99. The lowest BCUT2D eigenvalue weighted by Gasteiger charge is -2.38. The fourth-order valence-corrected chi connectivity index (χ4v) is 4.90. The van der Waals surface area contributed by atoms with Crippen molar-refractivity contribution in [2.75, 3.05) is 40.3 Å². The number of nitrogens with zero attached hydrogens (tertiary/aromatic N) is 3. The first kappa shape index (κ1) is 26.2. The number of carbonyl (C=O) groups excluding carboxylic acids is 1. The summed E-state index contributed by atoms with van der Waals surface area (Å²) in [4.78, 5) is 17.6. The van der Waals surface area contributed by atoms with Crippen molar-refractivity contribution in [2.45, 2.75) is 64.5 Å². The molecule has 3 rings (SSSR count). The number of carbonyl (C=O) groups is 1. The number of likely N-dealkylation sites (N-methyl/N-ethyl adjacent to an activating group) is 2. The highest BCUT2D eigenvalue weighted by atomic mass is 16.5. The number of rotatable bonds is 13. The van der Waals surface area contributed by atoms with E-state index in [0.29, 0.717) is 30.9 Å². The molecule has 34 heavy (non-hydrogen) atoms. The van der Waals surface area contributed by atoms with Gasteiger partial charge in [0.25, 0.3) is 0 Å². The monoisotopic (exact) mass is 469 g/mol. The van der Waals surface area contributed by atoms with E-state index < -0.39 is 0 Å². The van der Waals surface area contributed by atoms with Crippen molar-refractivity contribution < 1.29 is 9.53 Å². The third-order valence-electron chi connectivity index (χ3n) is 6.67. The van der Waals surface area contributed by atoms with Crippen molar-refractivity contribution in [1.82, 2.24) is 25.3 Å². The maximum atomic E-state index is 13.2. The van der Waals surface area contributed by atoms with Crippen molar-refractivity contribution in [1.29, 1.82) is 0 Å². The van der Waals surface area contributed by atoms with Gasteiger partial charge in [0.15, 0.2) is 0 Å². The number of amides is 1. The van der Waals surface area contributed by atoms with Crippen LogP contribution in [0.5, 0.6) is 5.75 Å². The molecule has 188 valence electrons. The molecule has 1 aromatic heterocycles. The number of nitrogens with one attached hydrogen (secondary N) is 2. The van der Waals surface area contributed by atoms with Crippen LogP contribution in [0.1, 0.15) is 63.1 Å². The molecule has 0 aliphatic heterocycles. The van der Waals surface area contributed by atoms with E-state index >= 15 is 0 Å². The molecule has 1 amide bonds. The van der Waals surface area contributed by atoms with Crippen molar-refractivity contribution in [3.63, 3.8) is 0 Å². The zero-order valence-electron chi connectivity index (χ0n) is 21.4.